The van der Waals surface area contributed by atoms with Crippen molar-refractivity contribution in [3.05, 3.63) is 60.0 Å². The van der Waals surface area contributed by atoms with E-state index in [4.69, 9.17) is 9.52 Å². The first-order valence-corrected chi connectivity index (χ1v) is 8.27. The van der Waals surface area contributed by atoms with Gasteiger partial charge in [0, 0.05) is 13.5 Å². The maximum absolute atomic E-state index is 12.5. The van der Waals surface area contributed by atoms with Gasteiger partial charge in [0.05, 0.1) is 11.7 Å². The van der Waals surface area contributed by atoms with Crippen molar-refractivity contribution < 1.29 is 14.3 Å². The van der Waals surface area contributed by atoms with Crippen LogP contribution in [0.4, 0.5) is 10.5 Å². The second-order valence-electron chi connectivity index (χ2n) is 5.81. The summed E-state index contributed by atoms with van der Waals surface area (Å²) in [6.07, 6.45) is 1.26. The molecule has 0 aliphatic rings. The van der Waals surface area contributed by atoms with Gasteiger partial charge >= 0.3 is 6.03 Å². The quantitative estimate of drug-likeness (QED) is 0.638. The number of para-hydroxylation sites is 1. The fourth-order valence-corrected chi connectivity index (χ4v) is 2.78. The molecule has 25 heavy (non-hydrogen) atoms. The van der Waals surface area contributed by atoms with Crippen molar-refractivity contribution in [2.45, 2.75) is 25.8 Å². The van der Waals surface area contributed by atoms with Crippen LogP contribution in [0.1, 0.15) is 30.3 Å². The number of carbonyl (C=O) groups is 1. The number of aromatic nitrogens is 1. The van der Waals surface area contributed by atoms with E-state index in [1.807, 2.05) is 42.5 Å². The summed E-state index contributed by atoms with van der Waals surface area (Å²) in [5.74, 6) is 0.551. The smallest absolute Gasteiger partial charge is 0.319 e. The van der Waals surface area contributed by atoms with E-state index >= 15 is 0 Å². The first-order chi connectivity index (χ1) is 12.2. The number of carbonyl (C=O) groups excluding carboxylic acids is 1. The van der Waals surface area contributed by atoms with Crippen molar-refractivity contribution in [3.8, 4) is 0 Å². The van der Waals surface area contributed by atoms with Crippen LogP contribution in [0.25, 0.3) is 11.1 Å². The number of nitrogens with zero attached hydrogens (tertiary/aromatic N) is 1. The van der Waals surface area contributed by atoms with Crippen molar-refractivity contribution in [2.75, 3.05) is 11.9 Å². The molecule has 0 spiro atoms. The van der Waals surface area contributed by atoms with Gasteiger partial charge in [-0.3, -0.25) is 0 Å². The summed E-state index contributed by atoms with van der Waals surface area (Å²) in [6, 6.07) is 14.6. The summed E-state index contributed by atoms with van der Waals surface area (Å²) in [7, 11) is 0. The molecule has 2 amide bonds. The van der Waals surface area contributed by atoms with E-state index in [1.54, 1.807) is 13.0 Å². The summed E-state index contributed by atoms with van der Waals surface area (Å²) in [6.45, 7) is 1.86. The van der Waals surface area contributed by atoms with Crippen molar-refractivity contribution in [2.24, 2.45) is 0 Å². The molecule has 0 aliphatic carbocycles. The Morgan fingerprint density at radius 1 is 1.20 bits per heavy atom. The molecule has 2 aromatic carbocycles. The average molecular weight is 339 g/mol. The molecule has 6 nitrogen and oxygen atoms in total. The van der Waals surface area contributed by atoms with Gasteiger partial charge in [0.2, 0.25) is 0 Å². The van der Waals surface area contributed by atoms with Crippen LogP contribution >= 0.6 is 0 Å². The van der Waals surface area contributed by atoms with E-state index < -0.39 is 0 Å². The number of anilines is 1. The number of aliphatic hydroxyl groups excluding tert-OH is 1. The number of amides is 2. The Morgan fingerprint density at radius 2 is 2.00 bits per heavy atom. The number of fused-ring (bicyclic) bond motifs is 1. The Kier molecular flexibility index (Phi) is 5.30. The molecule has 1 aromatic heterocycles. The standard InChI is InChI=1S/C19H21N3O3/c1-13-20-18-16(9-5-11-17(18)25-13)22-19(24)21-15(10-6-12-23)14-7-3-2-4-8-14/h2-5,7-9,11,15,23H,6,10,12H2,1H3,(H2,21,22,24)/t15-/m0/s1. The SMILES string of the molecule is Cc1nc2c(NC(=O)N[C@@H](CCCO)c3ccccc3)cccc2o1. The van der Waals surface area contributed by atoms with Gasteiger partial charge in [-0.25, -0.2) is 9.78 Å². The molecule has 0 saturated heterocycles. The highest BCUT2D eigenvalue weighted by atomic mass is 16.3. The molecule has 3 aromatic rings. The fraction of sp³-hybridized carbons (Fsp3) is 0.263. The van der Waals surface area contributed by atoms with E-state index in [1.165, 1.54) is 0 Å². The van der Waals surface area contributed by atoms with Gasteiger partial charge < -0.3 is 20.2 Å². The van der Waals surface area contributed by atoms with Gasteiger partial charge in [0.25, 0.3) is 0 Å². The second kappa shape index (κ2) is 7.81. The van der Waals surface area contributed by atoms with Crippen LogP contribution in [0.5, 0.6) is 0 Å². The lowest BCUT2D eigenvalue weighted by Gasteiger charge is -2.19. The molecular weight excluding hydrogens is 318 g/mol. The molecule has 0 bridgehead atoms. The van der Waals surface area contributed by atoms with Crippen LogP contribution in [0, 0.1) is 6.92 Å². The molecule has 1 heterocycles. The summed E-state index contributed by atoms with van der Waals surface area (Å²) >= 11 is 0. The highest BCUT2D eigenvalue weighted by molar-refractivity contribution is 5.98. The number of rotatable bonds is 6. The van der Waals surface area contributed by atoms with Crippen LogP contribution in [0.2, 0.25) is 0 Å². The van der Waals surface area contributed by atoms with Crippen LogP contribution in [-0.4, -0.2) is 22.7 Å². The predicted molar refractivity (Wildman–Crippen MR) is 96.4 cm³/mol. The third-order valence-electron chi connectivity index (χ3n) is 3.93. The number of aliphatic hydroxyl groups is 1. The van der Waals surface area contributed by atoms with Gasteiger partial charge in [-0.2, -0.15) is 0 Å². The van der Waals surface area contributed by atoms with Crippen LogP contribution < -0.4 is 10.6 Å². The zero-order valence-electron chi connectivity index (χ0n) is 14.0. The Bertz CT molecular complexity index is 846. The predicted octanol–water partition coefficient (Wildman–Crippen LogP) is 3.77. The van der Waals surface area contributed by atoms with Crippen molar-refractivity contribution in [1.29, 1.82) is 0 Å². The molecule has 0 saturated carbocycles. The molecule has 0 fully saturated rings. The number of hydrogen-bond donors (Lipinski definition) is 3. The molecule has 0 aliphatic heterocycles. The topological polar surface area (TPSA) is 87.4 Å². The van der Waals surface area contributed by atoms with Crippen molar-refractivity contribution >= 4 is 22.8 Å². The molecule has 6 heteroatoms. The molecule has 1 atom stereocenters. The lowest BCUT2D eigenvalue weighted by atomic mass is 10.0. The monoisotopic (exact) mass is 339 g/mol. The van der Waals surface area contributed by atoms with E-state index in [-0.39, 0.29) is 18.7 Å². The molecular formula is C19H21N3O3. The highest BCUT2D eigenvalue weighted by Gasteiger charge is 2.16. The Balaban J connectivity index is 1.74. The zero-order chi connectivity index (χ0) is 17.6. The summed E-state index contributed by atoms with van der Waals surface area (Å²) in [5, 5.41) is 14.9. The number of aryl methyl sites for hydroxylation is 1. The Hall–Kier alpha value is -2.86. The average Bonchev–Trinajstić information content (AvgIpc) is 3.00. The van der Waals surface area contributed by atoms with Gasteiger partial charge in [0.15, 0.2) is 11.5 Å². The summed E-state index contributed by atoms with van der Waals surface area (Å²) < 4.78 is 5.48. The van der Waals surface area contributed by atoms with Gasteiger partial charge in [-0.1, -0.05) is 36.4 Å². The normalized spacial score (nSPS) is 12.1. The maximum atomic E-state index is 12.5. The van der Waals surface area contributed by atoms with Crippen molar-refractivity contribution in [1.82, 2.24) is 10.3 Å². The number of hydrogen-bond acceptors (Lipinski definition) is 4. The van der Waals surface area contributed by atoms with Crippen LogP contribution in [0.3, 0.4) is 0 Å². The van der Waals surface area contributed by atoms with E-state index in [0.29, 0.717) is 35.5 Å². The molecule has 3 rings (SSSR count). The minimum absolute atomic E-state index is 0.0875. The minimum Gasteiger partial charge on any atom is -0.441 e. The number of oxazole rings is 1. The fourth-order valence-electron chi connectivity index (χ4n) is 2.78. The second-order valence-corrected chi connectivity index (χ2v) is 5.81. The minimum atomic E-state index is -0.319. The maximum Gasteiger partial charge on any atom is 0.319 e. The first kappa shape index (κ1) is 17.0. The molecule has 0 unspecified atom stereocenters. The third kappa shape index (κ3) is 4.16. The van der Waals surface area contributed by atoms with E-state index in [0.717, 1.165) is 5.56 Å². The Labute approximate surface area is 145 Å². The van der Waals surface area contributed by atoms with E-state index in [9.17, 15) is 4.79 Å². The lowest BCUT2D eigenvalue weighted by Crippen LogP contribution is -2.32. The number of urea groups is 1. The van der Waals surface area contributed by atoms with Crippen LogP contribution in [-0.2, 0) is 0 Å². The van der Waals surface area contributed by atoms with Gasteiger partial charge in [-0.15, -0.1) is 0 Å². The molecule has 3 N–H and O–H groups in total. The van der Waals surface area contributed by atoms with Crippen LogP contribution in [0.15, 0.2) is 52.9 Å². The van der Waals surface area contributed by atoms with E-state index in [2.05, 4.69) is 15.6 Å². The first-order valence-electron chi connectivity index (χ1n) is 8.27. The zero-order valence-corrected chi connectivity index (χ0v) is 14.0. The van der Waals surface area contributed by atoms with Crippen molar-refractivity contribution in [3.63, 3.8) is 0 Å². The summed E-state index contributed by atoms with van der Waals surface area (Å²) in [4.78, 5) is 16.8. The third-order valence-corrected chi connectivity index (χ3v) is 3.93. The number of nitrogens with one attached hydrogen (secondary N) is 2. The summed E-state index contributed by atoms with van der Waals surface area (Å²) in [5.41, 5.74) is 2.86. The lowest BCUT2D eigenvalue weighted by molar-refractivity contribution is 0.244. The van der Waals surface area contributed by atoms with Gasteiger partial charge in [0.1, 0.15) is 5.52 Å². The molecule has 0 radical (unpaired) electrons. The largest absolute Gasteiger partial charge is 0.441 e. The highest BCUT2D eigenvalue weighted by Crippen LogP contribution is 2.24. The molecule has 130 valence electrons. The number of benzene rings is 2. The van der Waals surface area contributed by atoms with Gasteiger partial charge in [-0.05, 0) is 30.5 Å². The Morgan fingerprint density at radius 3 is 2.76 bits per heavy atom.